The second-order valence-electron chi connectivity index (χ2n) is 18.6. The number of carbonyl (C=O) groups is 9. The first kappa shape index (κ1) is 61.6. The van der Waals surface area contributed by atoms with E-state index in [1.54, 1.807) is 48.5 Å². The zero-order valence-electron chi connectivity index (χ0n) is 42.7. The van der Waals surface area contributed by atoms with E-state index in [1.165, 1.54) is 0 Å². The van der Waals surface area contributed by atoms with Gasteiger partial charge in [-0.15, -0.1) is 5.10 Å². The van der Waals surface area contributed by atoms with Gasteiger partial charge >= 0.3 is 43.6 Å². The summed E-state index contributed by atoms with van der Waals surface area (Å²) in [4.78, 5) is 128. The highest BCUT2D eigenvalue weighted by molar-refractivity contribution is 7.50. The Kier molecular flexibility index (Phi) is 23.7. The number of benzene rings is 2. The summed E-state index contributed by atoms with van der Waals surface area (Å²) in [7, 11) is -4.83. The van der Waals surface area contributed by atoms with E-state index in [-0.39, 0.29) is 136 Å². The number of hydrogen-bond acceptors (Lipinski definition) is 17. The third kappa shape index (κ3) is 20.0. The van der Waals surface area contributed by atoms with Crippen LogP contribution in [0.3, 0.4) is 0 Å². The lowest BCUT2D eigenvalue weighted by molar-refractivity contribution is -0.142. The Morgan fingerprint density at radius 3 is 1.69 bits per heavy atom. The van der Waals surface area contributed by atoms with Crippen molar-refractivity contribution in [1.29, 1.82) is 0 Å². The van der Waals surface area contributed by atoms with E-state index in [0.29, 0.717) is 22.6 Å². The molecule has 426 valence electrons. The largest absolute Gasteiger partial charge is 0.481 e. The number of carbonyl (C=O) groups excluding carboxylic acids is 3. The molecular weight excluding hydrogens is 1050 g/mol. The van der Waals surface area contributed by atoms with E-state index in [4.69, 9.17) is 9.63 Å². The van der Waals surface area contributed by atoms with Crippen LogP contribution >= 0.6 is 7.75 Å². The number of carboxylic acids is 6. The van der Waals surface area contributed by atoms with Gasteiger partial charge in [0.2, 0.25) is 17.7 Å². The maximum atomic E-state index is 14.1. The number of para-hydroxylation sites is 1. The average molecular weight is 1120 g/mol. The number of hydrogen-bond donors (Lipinski definition) is 10. The summed E-state index contributed by atoms with van der Waals surface area (Å²) in [5.41, 5.74) is 3.73. The van der Waals surface area contributed by atoms with Crippen LogP contribution in [-0.2, 0) is 65.3 Å². The van der Waals surface area contributed by atoms with Gasteiger partial charge in [0.1, 0.15) is 17.8 Å². The highest BCUT2D eigenvalue weighted by atomic mass is 31.2. The molecule has 29 nitrogen and oxygen atoms in total. The topological polar surface area (TPSA) is 405 Å². The standard InChI is InChI=1S/C48H66N11O18P/c60-38(50-35(47(71)72)15-26-77-78(75,76)52-36(48(73)74)13-14-41(63)64)11-5-6-12-40(62)58-27-32-7-1-2-8-33(32)46-45(34-9-3-4-10-37(34)58)51-53-59(46)17-16-49-39(61)28-54-18-20-55(29-42(65)66)22-24-57(31-44(69)70)25-23-56(21-19-54)30-43(67)68/h1-4,7-10,35-36H,5-6,11-31H2,(H,49,61)(H,50,60)(H,63,64)(H,65,66)(H,67,68)(H,69,70)(H,71,72)(H,73,74)(H2,52,75,76)/t35?,36-/m0/s1. The average Bonchev–Trinajstić information content (AvgIpc) is 3.81. The lowest BCUT2D eigenvalue weighted by Crippen LogP contribution is -2.50. The summed E-state index contributed by atoms with van der Waals surface area (Å²) in [6, 6.07) is 11.2. The van der Waals surface area contributed by atoms with Gasteiger partial charge in [-0.3, -0.25) is 62.5 Å². The van der Waals surface area contributed by atoms with Crippen LogP contribution in [0.5, 0.6) is 0 Å². The summed E-state index contributed by atoms with van der Waals surface area (Å²) < 4.78 is 18.9. The van der Waals surface area contributed by atoms with Gasteiger partial charge in [-0.2, -0.15) is 0 Å². The molecule has 3 aromatic rings. The quantitative estimate of drug-likeness (QED) is 0.0326. The van der Waals surface area contributed by atoms with Crippen molar-refractivity contribution in [1.82, 2.24) is 50.3 Å². The summed E-state index contributed by atoms with van der Waals surface area (Å²) in [6.07, 6.45) is -1.42. The minimum absolute atomic E-state index is 0.00619. The number of rotatable bonds is 28. The molecule has 10 N–H and O–H groups in total. The Hall–Kier alpha value is -7.24. The molecule has 30 heteroatoms. The van der Waals surface area contributed by atoms with Crippen LogP contribution in [0.25, 0.3) is 22.5 Å². The molecule has 2 aliphatic rings. The number of aliphatic carboxylic acids is 6. The monoisotopic (exact) mass is 1120 g/mol. The molecule has 0 aliphatic carbocycles. The molecule has 0 saturated carbocycles. The van der Waals surface area contributed by atoms with Crippen molar-refractivity contribution in [2.45, 2.75) is 70.1 Å². The van der Waals surface area contributed by atoms with Crippen LogP contribution < -0.4 is 20.6 Å². The SMILES string of the molecule is O=C(O)CC[C@H](NP(=O)(O)OCCC(NC(=O)CCCCC(=O)N1Cc2ccccc2-c2c(nnn2CCNC(=O)CN2CCN(CC(=O)O)CCN(CC(=O)O)CCN(CC(=O)O)CC2)-c2ccccc21)C(=O)O)C(=O)O. The molecule has 1 aromatic heterocycles. The maximum absolute atomic E-state index is 14.1. The number of aromatic nitrogens is 3. The first-order valence-corrected chi connectivity index (χ1v) is 26.6. The fourth-order valence-electron chi connectivity index (χ4n) is 8.80. The fraction of sp³-hybridized carbons (Fsp3) is 0.521. The molecule has 2 aliphatic heterocycles. The first-order chi connectivity index (χ1) is 37.1. The van der Waals surface area contributed by atoms with Gasteiger partial charge in [0, 0.05) is 95.7 Å². The Bertz CT molecular complexity index is 2640. The van der Waals surface area contributed by atoms with Gasteiger partial charge in [-0.05, 0) is 30.9 Å². The number of unbranched alkanes of at least 4 members (excludes halogenated alkanes) is 1. The highest BCUT2D eigenvalue weighted by Crippen LogP contribution is 2.41. The summed E-state index contributed by atoms with van der Waals surface area (Å²) in [6.45, 7) is 0.704. The molecule has 2 aromatic carbocycles. The summed E-state index contributed by atoms with van der Waals surface area (Å²) >= 11 is 0. The minimum atomic E-state index is -4.83. The molecule has 2 unspecified atom stereocenters. The zero-order chi connectivity index (χ0) is 56.9. The van der Waals surface area contributed by atoms with E-state index in [2.05, 4.69) is 20.9 Å². The van der Waals surface area contributed by atoms with Crippen molar-refractivity contribution >= 4 is 67.0 Å². The van der Waals surface area contributed by atoms with Crippen LogP contribution in [0.4, 0.5) is 5.69 Å². The molecule has 0 bridgehead atoms. The molecule has 3 heterocycles. The minimum Gasteiger partial charge on any atom is -0.481 e. The van der Waals surface area contributed by atoms with Crippen LogP contribution in [0, 0.1) is 0 Å². The van der Waals surface area contributed by atoms with Crippen molar-refractivity contribution in [2.75, 3.05) is 96.6 Å². The van der Waals surface area contributed by atoms with Gasteiger partial charge in [0.15, 0.2) is 0 Å². The van der Waals surface area contributed by atoms with Crippen LogP contribution in [0.2, 0.25) is 0 Å². The van der Waals surface area contributed by atoms with Crippen LogP contribution in [-0.4, -0.2) is 227 Å². The Balaban J connectivity index is 1.19. The Morgan fingerprint density at radius 1 is 0.615 bits per heavy atom. The lowest BCUT2D eigenvalue weighted by atomic mass is 9.95. The number of carboxylic acid groups (broad SMARTS) is 6. The third-order valence-electron chi connectivity index (χ3n) is 12.7. The first-order valence-electron chi connectivity index (χ1n) is 25.0. The van der Waals surface area contributed by atoms with Gasteiger partial charge in [-0.1, -0.05) is 47.7 Å². The van der Waals surface area contributed by atoms with Crippen LogP contribution in [0.15, 0.2) is 48.5 Å². The molecule has 1 fully saturated rings. The molecule has 1 saturated heterocycles. The van der Waals surface area contributed by atoms with E-state index in [1.807, 2.05) is 34.3 Å². The van der Waals surface area contributed by atoms with Gasteiger partial charge in [-0.25, -0.2) is 19.1 Å². The highest BCUT2D eigenvalue weighted by Gasteiger charge is 2.32. The van der Waals surface area contributed by atoms with Crippen LogP contribution in [0.1, 0.15) is 50.5 Å². The molecule has 0 spiro atoms. The second kappa shape index (κ2) is 30.1. The normalized spacial score (nSPS) is 16.4. The van der Waals surface area contributed by atoms with E-state index in [9.17, 15) is 78.1 Å². The van der Waals surface area contributed by atoms with Gasteiger partial charge < -0.3 is 51.1 Å². The number of nitrogens with one attached hydrogen (secondary N) is 3. The number of fused-ring (bicyclic) bond motifs is 5. The van der Waals surface area contributed by atoms with Gasteiger partial charge in [0.05, 0.1) is 57.3 Å². The van der Waals surface area contributed by atoms with E-state index < -0.39 is 87.4 Å². The van der Waals surface area contributed by atoms with Crippen molar-refractivity contribution in [3.63, 3.8) is 0 Å². The Labute approximate surface area is 447 Å². The number of nitrogens with zero attached hydrogens (tertiary/aromatic N) is 8. The fourth-order valence-corrected chi connectivity index (χ4v) is 9.86. The third-order valence-corrected chi connectivity index (χ3v) is 13.9. The summed E-state index contributed by atoms with van der Waals surface area (Å²) in [5.74, 6) is -8.93. The second-order valence-corrected chi connectivity index (χ2v) is 20.1. The summed E-state index contributed by atoms with van der Waals surface area (Å²) in [5, 5.41) is 72.5. The Morgan fingerprint density at radius 2 is 1.14 bits per heavy atom. The van der Waals surface area contributed by atoms with E-state index >= 15 is 0 Å². The van der Waals surface area contributed by atoms with Crippen molar-refractivity contribution in [3.8, 4) is 22.5 Å². The molecular formula is C48H66N11O18P. The molecule has 3 atom stereocenters. The van der Waals surface area contributed by atoms with Crippen molar-refractivity contribution in [2.24, 2.45) is 0 Å². The number of amides is 3. The zero-order valence-corrected chi connectivity index (χ0v) is 43.6. The van der Waals surface area contributed by atoms with Crippen molar-refractivity contribution in [3.05, 3.63) is 54.1 Å². The molecule has 78 heavy (non-hydrogen) atoms. The van der Waals surface area contributed by atoms with E-state index in [0.717, 1.165) is 11.1 Å². The predicted molar refractivity (Wildman–Crippen MR) is 274 cm³/mol. The molecule has 0 radical (unpaired) electrons. The molecule has 5 rings (SSSR count). The molecule has 3 amide bonds. The maximum Gasteiger partial charge on any atom is 0.403 e. The smallest absolute Gasteiger partial charge is 0.403 e. The predicted octanol–water partition coefficient (Wildman–Crippen LogP) is -0.405. The lowest BCUT2D eigenvalue weighted by Gasteiger charge is -2.32. The van der Waals surface area contributed by atoms with Gasteiger partial charge in [0.25, 0.3) is 0 Å². The van der Waals surface area contributed by atoms with Crippen molar-refractivity contribution < 1.29 is 87.8 Å². The number of anilines is 1.